The predicted molar refractivity (Wildman–Crippen MR) is 86.6 cm³/mol. The van der Waals surface area contributed by atoms with Crippen molar-refractivity contribution in [2.45, 2.75) is 26.1 Å². The molecule has 3 unspecified atom stereocenters. The molecule has 1 aromatic carbocycles. The Kier molecular flexibility index (Phi) is 5.41. The number of hydrogen-bond donors (Lipinski definition) is 1. The average molecular weight is 329 g/mol. The molecule has 0 radical (unpaired) electrons. The Morgan fingerprint density at radius 3 is 2.71 bits per heavy atom. The minimum Gasteiger partial charge on any atom is -0.321 e. The maximum atomic E-state index is 12.6. The Morgan fingerprint density at radius 1 is 1.43 bits per heavy atom. The highest BCUT2D eigenvalue weighted by atomic mass is 35.5. The molecule has 1 heterocycles. The van der Waals surface area contributed by atoms with Crippen LogP contribution in [0.3, 0.4) is 0 Å². The van der Waals surface area contributed by atoms with Crippen LogP contribution in [0.1, 0.15) is 25.6 Å². The summed E-state index contributed by atoms with van der Waals surface area (Å²) in [5, 5.41) is 4.02. The Bertz CT molecular complexity index is 550. The largest absolute Gasteiger partial charge is 0.321 e. The summed E-state index contributed by atoms with van der Waals surface area (Å²) < 4.78 is 11.4. The van der Waals surface area contributed by atoms with Crippen molar-refractivity contribution in [1.82, 2.24) is 10.2 Å². The third kappa shape index (κ3) is 3.84. The summed E-state index contributed by atoms with van der Waals surface area (Å²) in [4.78, 5) is 14.3. The smallest absolute Gasteiger partial charge is 0.241 e. The molecule has 0 aromatic heterocycles. The van der Waals surface area contributed by atoms with Crippen molar-refractivity contribution in [3.63, 3.8) is 0 Å². The third-order valence-electron chi connectivity index (χ3n) is 3.65. The molecular weight excluding hydrogens is 308 g/mol. The van der Waals surface area contributed by atoms with Gasteiger partial charge >= 0.3 is 0 Å². The molecule has 6 heteroatoms. The van der Waals surface area contributed by atoms with Crippen LogP contribution in [0.15, 0.2) is 24.3 Å². The van der Waals surface area contributed by atoms with E-state index < -0.39 is 10.8 Å². The normalized spacial score (nSPS) is 23.9. The van der Waals surface area contributed by atoms with E-state index in [-0.39, 0.29) is 24.0 Å². The Labute approximate surface area is 133 Å². The first kappa shape index (κ1) is 16.5. The number of hydrogen-bond acceptors (Lipinski definition) is 3. The minimum absolute atomic E-state index is 0.0698. The van der Waals surface area contributed by atoms with Gasteiger partial charge in [0.2, 0.25) is 5.91 Å². The van der Waals surface area contributed by atoms with Gasteiger partial charge in [-0.15, -0.1) is 0 Å². The number of nitrogens with zero attached hydrogens (tertiary/aromatic N) is 1. The summed E-state index contributed by atoms with van der Waals surface area (Å²) in [6.45, 7) is 4.52. The van der Waals surface area contributed by atoms with Crippen LogP contribution in [0.4, 0.5) is 0 Å². The van der Waals surface area contributed by atoms with E-state index in [0.29, 0.717) is 17.3 Å². The number of carbonyl (C=O) groups excluding carboxylic acids is 1. The molecule has 1 N–H and O–H groups in total. The third-order valence-corrected chi connectivity index (χ3v) is 4.64. The quantitative estimate of drug-likeness (QED) is 0.901. The first-order chi connectivity index (χ1) is 9.90. The number of rotatable bonds is 5. The molecule has 1 aliphatic heterocycles. The summed E-state index contributed by atoms with van der Waals surface area (Å²) in [5.74, 6) is 0.756. The number of amides is 1. The van der Waals surface area contributed by atoms with E-state index in [4.69, 9.17) is 11.6 Å². The van der Waals surface area contributed by atoms with E-state index in [1.54, 1.807) is 11.2 Å². The first-order valence-electron chi connectivity index (χ1n) is 7.02. The molecule has 1 saturated heterocycles. The molecule has 1 aromatic rings. The van der Waals surface area contributed by atoms with E-state index in [9.17, 15) is 9.00 Å². The second-order valence-corrected chi connectivity index (χ2v) is 7.65. The van der Waals surface area contributed by atoms with E-state index in [1.807, 2.05) is 38.1 Å². The van der Waals surface area contributed by atoms with E-state index >= 15 is 0 Å². The van der Waals surface area contributed by atoms with E-state index in [1.165, 1.54) is 0 Å². The van der Waals surface area contributed by atoms with Gasteiger partial charge in [0.15, 0.2) is 0 Å². The number of nitrogens with one attached hydrogen (secondary N) is 1. The van der Waals surface area contributed by atoms with Gasteiger partial charge < -0.3 is 4.90 Å². The van der Waals surface area contributed by atoms with Crippen molar-refractivity contribution in [2.75, 3.05) is 18.6 Å². The summed E-state index contributed by atoms with van der Waals surface area (Å²) in [5.41, 5.74) is 0.959. The lowest BCUT2D eigenvalue weighted by molar-refractivity contribution is -0.130. The maximum absolute atomic E-state index is 12.6. The van der Waals surface area contributed by atoms with Crippen molar-refractivity contribution >= 4 is 28.3 Å². The van der Waals surface area contributed by atoms with Crippen LogP contribution in [-0.2, 0) is 15.6 Å². The summed E-state index contributed by atoms with van der Waals surface area (Å²) >= 11 is 6.05. The minimum atomic E-state index is -0.922. The van der Waals surface area contributed by atoms with Crippen LogP contribution >= 0.6 is 11.6 Å². The van der Waals surface area contributed by atoms with Crippen molar-refractivity contribution in [2.24, 2.45) is 5.92 Å². The topological polar surface area (TPSA) is 49.4 Å². The Morgan fingerprint density at radius 2 is 2.14 bits per heavy atom. The van der Waals surface area contributed by atoms with Crippen molar-refractivity contribution in [1.29, 1.82) is 0 Å². The van der Waals surface area contributed by atoms with Crippen LogP contribution in [0.2, 0.25) is 5.02 Å². The number of carbonyl (C=O) groups is 1. The number of benzene rings is 1. The van der Waals surface area contributed by atoms with Crippen molar-refractivity contribution < 1.29 is 9.00 Å². The van der Waals surface area contributed by atoms with Gasteiger partial charge in [-0.2, -0.15) is 0 Å². The van der Waals surface area contributed by atoms with Crippen molar-refractivity contribution in [3.8, 4) is 0 Å². The van der Waals surface area contributed by atoms with Gasteiger partial charge in [0.1, 0.15) is 6.17 Å². The van der Waals surface area contributed by atoms with E-state index in [0.717, 1.165) is 5.56 Å². The van der Waals surface area contributed by atoms with Crippen LogP contribution in [0, 0.1) is 5.92 Å². The second kappa shape index (κ2) is 6.90. The Balaban J connectivity index is 2.27. The lowest BCUT2D eigenvalue weighted by Gasteiger charge is -2.24. The molecule has 1 aliphatic rings. The highest BCUT2D eigenvalue weighted by Crippen LogP contribution is 2.29. The van der Waals surface area contributed by atoms with Crippen LogP contribution in [0.5, 0.6) is 0 Å². The predicted octanol–water partition coefficient (Wildman–Crippen LogP) is 2.17. The Hall–Kier alpha value is -0.910. The zero-order valence-corrected chi connectivity index (χ0v) is 14.1. The van der Waals surface area contributed by atoms with Gasteiger partial charge in [0.25, 0.3) is 0 Å². The highest BCUT2D eigenvalue weighted by molar-refractivity contribution is 7.84. The molecule has 21 heavy (non-hydrogen) atoms. The molecule has 116 valence electrons. The lowest BCUT2D eigenvalue weighted by atomic mass is 10.1. The molecule has 4 nitrogen and oxygen atoms in total. The highest BCUT2D eigenvalue weighted by Gasteiger charge is 2.40. The maximum Gasteiger partial charge on any atom is 0.241 e. The summed E-state index contributed by atoms with van der Waals surface area (Å²) in [6, 6.07) is 7.30. The zero-order valence-electron chi connectivity index (χ0n) is 12.5. The van der Waals surface area contributed by atoms with Crippen LogP contribution in [0.25, 0.3) is 0 Å². The molecule has 2 rings (SSSR count). The lowest BCUT2D eigenvalue weighted by Crippen LogP contribution is -2.36. The van der Waals surface area contributed by atoms with Gasteiger partial charge in [-0.1, -0.05) is 37.6 Å². The standard InChI is InChI=1S/C15H21ClN2O2S/c1-10(2)13-15(19)18(7-8-21(3)20)14(17-13)11-5-4-6-12(16)9-11/h4-6,9-10,13-14,17H,7-8H2,1-3H3. The van der Waals surface area contributed by atoms with Gasteiger partial charge in [-0.3, -0.25) is 14.3 Å². The molecule has 0 aliphatic carbocycles. The average Bonchev–Trinajstić information content (AvgIpc) is 2.73. The number of halogens is 1. The molecule has 3 atom stereocenters. The van der Waals surface area contributed by atoms with Gasteiger partial charge in [-0.05, 0) is 23.6 Å². The van der Waals surface area contributed by atoms with Crippen LogP contribution in [-0.4, -0.2) is 39.6 Å². The fourth-order valence-corrected chi connectivity index (χ4v) is 3.19. The second-order valence-electron chi connectivity index (χ2n) is 5.65. The van der Waals surface area contributed by atoms with Gasteiger partial charge in [-0.25, -0.2) is 0 Å². The molecular formula is C15H21ClN2O2S. The fraction of sp³-hybridized carbons (Fsp3) is 0.533. The van der Waals surface area contributed by atoms with Gasteiger partial charge in [0.05, 0.1) is 6.04 Å². The van der Waals surface area contributed by atoms with E-state index in [2.05, 4.69) is 5.32 Å². The molecule has 1 amide bonds. The first-order valence-corrected chi connectivity index (χ1v) is 9.12. The zero-order chi connectivity index (χ0) is 15.6. The molecule has 1 fully saturated rings. The van der Waals surface area contributed by atoms with Gasteiger partial charge in [0, 0.05) is 34.4 Å². The monoisotopic (exact) mass is 328 g/mol. The summed E-state index contributed by atoms with van der Waals surface area (Å²) in [7, 11) is -0.922. The summed E-state index contributed by atoms with van der Waals surface area (Å²) in [6.07, 6.45) is 1.45. The van der Waals surface area contributed by atoms with Crippen molar-refractivity contribution in [3.05, 3.63) is 34.9 Å². The SMILES string of the molecule is CC(C)C1NC(c2cccc(Cl)c2)N(CCS(C)=O)C1=O. The fourth-order valence-electron chi connectivity index (χ4n) is 2.53. The molecule has 0 saturated carbocycles. The molecule has 0 bridgehead atoms. The van der Waals surface area contributed by atoms with Crippen LogP contribution < -0.4 is 5.32 Å². The molecule has 0 spiro atoms.